The Morgan fingerprint density at radius 2 is 1.57 bits per heavy atom. The largest absolute Gasteiger partial charge is 0.496 e. The minimum atomic E-state index is -3.75. The SMILES string of the molecule is COc1ccccc1CCNC(=O)CN1CN(c2ccccc2)C2(CCN(S(=O)(=O)c3ccc4ccccc4c3)CC2)C1=O. The number of sulfonamides is 1. The summed E-state index contributed by atoms with van der Waals surface area (Å²) in [4.78, 5) is 30.9. The molecule has 2 aliphatic rings. The van der Waals surface area contributed by atoms with Gasteiger partial charge >= 0.3 is 0 Å². The highest BCUT2D eigenvalue weighted by Gasteiger charge is 2.55. The summed E-state index contributed by atoms with van der Waals surface area (Å²) in [5.74, 6) is 0.379. The molecule has 2 fully saturated rings. The first-order chi connectivity index (χ1) is 21.3. The second-order valence-electron chi connectivity index (χ2n) is 11.3. The molecule has 0 bridgehead atoms. The van der Waals surface area contributed by atoms with Gasteiger partial charge in [-0.25, -0.2) is 8.42 Å². The Morgan fingerprint density at radius 3 is 2.32 bits per heavy atom. The molecule has 2 saturated heterocycles. The molecule has 2 amide bonds. The second kappa shape index (κ2) is 12.3. The predicted molar refractivity (Wildman–Crippen MR) is 170 cm³/mol. The molecule has 0 atom stereocenters. The van der Waals surface area contributed by atoms with E-state index >= 15 is 0 Å². The van der Waals surface area contributed by atoms with E-state index in [0.717, 1.165) is 27.8 Å². The zero-order valence-electron chi connectivity index (χ0n) is 24.7. The summed E-state index contributed by atoms with van der Waals surface area (Å²) < 4.78 is 34.2. The van der Waals surface area contributed by atoms with E-state index in [1.54, 1.807) is 24.1 Å². The van der Waals surface area contributed by atoms with Crippen LogP contribution in [0, 0.1) is 0 Å². The van der Waals surface area contributed by atoms with Crippen LogP contribution >= 0.6 is 0 Å². The van der Waals surface area contributed by atoms with Gasteiger partial charge in [0.25, 0.3) is 0 Å². The van der Waals surface area contributed by atoms with Crippen LogP contribution in [0.3, 0.4) is 0 Å². The highest BCUT2D eigenvalue weighted by molar-refractivity contribution is 7.89. The van der Waals surface area contributed by atoms with Gasteiger partial charge in [0, 0.05) is 25.3 Å². The maximum absolute atomic E-state index is 14.1. The summed E-state index contributed by atoms with van der Waals surface area (Å²) in [6.45, 7) is 0.984. The van der Waals surface area contributed by atoms with E-state index in [1.807, 2.05) is 89.8 Å². The Hall–Kier alpha value is -4.41. The molecule has 9 nitrogen and oxygen atoms in total. The average Bonchev–Trinajstić information content (AvgIpc) is 3.31. The fraction of sp³-hybridized carbons (Fsp3) is 0.294. The smallest absolute Gasteiger partial charge is 0.250 e. The quantitative estimate of drug-likeness (QED) is 0.307. The molecule has 0 aromatic heterocycles. The van der Waals surface area contributed by atoms with E-state index in [-0.39, 0.29) is 43.0 Å². The highest BCUT2D eigenvalue weighted by Crippen LogP contribution is 2.40. The first kappa shape index (κ1) is 29.7. The number of benzene rings is 4. The van der Waals surface area contributed by atoms with Crippen molar-refractivity contribution in [3.63, 3.8) is 0 Å². The zero-order chi connectivity index (χ0) is 30.7. The van der Waals surface area contributed by atoms with E-state index in [1.165, 1.54) is 4.31 Å². The third-order valence-electron chi connectivity index (χ3n) is 8.73. The zero-order valence-corrected chi connectivity index (χ0v) is 25.5. The number of nitrogens with one attached hydrogen (secondary N) is 1. The number of methoxy groups -OCH3 is 1. The third kappa shape index (κ3) is 5.62. The van der Waals surface area contributed by atoms with Crippen molar-refractivity contribution < 1.29 is 22.7 Å². The number of nitrogens with zero attached hydrogens (tertiary/aromatic N) is 3. The van der Waals surface area contributed by atoms with Crippen molar-refractivity contribution in [2.24, 2.45) is 0 Å². The number of ether oxygens (including phenoxy) is 1. The van der Waals surface area contributed by atoms with Crippen molar-refractivity contribution in [1.82, 2.24) is 14.5 Å². The molecule has 1 spiro atoms. The summed E-state index contributed by atoms with van der Waals surface area (Å²) in [6, 6.07) is 30.2. The van der Waals surface area contributed by atoms with E-state index in [9.17, 15) is 18.0 Å². The van der Waals surface area contributed by atoms with Gasteiger partial charge in [0.15, 0.2) is 0 Å². The van der Waals surface area contributed by atoms with Crippen LogP contribution in [0.25, 0.3) is 10.8 Å². The lowest BCUT2D eigenvalue weighted by atomic mass is 9.86. The molecule has 1 N–H and O–H groups in total. The Balaban J connectivity index is 1.16. The normalized spacial score (nSPS) is 16.9. The van der Waals surface area contributed by atoms with Crippen molar-refractivity contribution >= 4 is 38.3 Å². The fourth-order valence-electron chi connectivity index (χ4n) is 6.37. The van der Waals surface area contributed by atoms with E-state index in [2.05, 4.69) is 5.32 Å². The standard InChI is InChI=1S/C34H36N4O5S/c1-43-31-14-8-7-10-27(31)17-20-35-32(39)24-36-25-38(29-12-3-2-4-13-29)34(33(36)40)18-21-37(22-19-34)44(41,42)30-16-15-26-9-5-6-11-28(26)23-30/h2-16,23H,17-22,24-25H2,1H3,(H,35,39). The molecule has 6 rings (SSSR count). The van der Waals surface area contributed by atoms with Gasteiger partial charge in [0.2, 0.25) is 21.8 Å². The van der Waals surface area contributed by atoms with Gasteiger partial charge in [0.1, 0.15) is 17.8 Å². The Labute approximate surface area is 258 Å². The van der Waals surface area contributed by atoms with E-state index in [4.69, 9.17) is 4.74 Å². The molecule has 4 aromatic carbocycles. The summed E-state index contributed by atoms with van der Waals surface area (Å²) >= 11 is 0. The molecule has 2 aliphatic heterocycles. The van der Waals surface area contributed by atoms with E-state index < -0.39 is 15.6 Å². The molecule has 44 heavy (non-hydrogen) atoms. The molecule has 2 heterocycles. The number of hydrogen-bond donors (Lipinski definition) is 1. The Morgan fingerprint density at radius 1 is 0.886 bits per heavy atom. The number of para-hydroxylation sites is 2. The molecule has 0 saturated carbocycles. The topological polar surface area (TPSA) is 99.3 Å². The lowest BCUT2D eigenvalue weighted by molar-refractivity contribution is -0.137. The number of carbonyl (C=O) groups is 2. The molecule has 0 unspecified atom stereocenters. The number of carbonyl (C=O) groups excluding carboxylic acids is 2. The van der Waals surface area contributed by atoms with Gasteiger partial charge in [0.05, 0.1) is 18.7 Å². The molecule has 4 aromatic rings. The molecule has 10 heteroatoms. The Kier molecular flexibility index (Phi) is 8.29. The predicted octanol–water partition coefficient (Wildman–Crippen LogP) is 4.04. The number of rotatable bonds is 9. The van der Waals surface area contributed by atoms with Crippen LogP contribution in [-0.4, -0.2) is 74.9 Å². The molecular formula is C34H36N4O5S. The van der Waals surface area contributed by atoms with Gasteiger partial charge in [-0.15, -0.1) is 0 Å². The number of amides is 2. The lowest BCUT2D eigenvalue weighted by Gasteiger charge is -2.42. The maximum atomic E-state index is 14.1. The Bertz CT molecular complexity index is 1770. The van der Waals surface area contributed by atoms with Crippen LogP contribution in [-0.2, 0) is 26.0 Å². The number of piperidine rings is 1. The van der Waals surface area contributed by atoms with Crippen molar-refractivity contribution in [3.8, 4) is 5.75 Å². The van der Waals surface area contributed by atoms with Crippen molar-refractivity contribution in [2.45, 2.75) is 29.7 Å². The van der Waals surface area contributed by atoms with Gasteiger partial charge in [-0.1, -0.05) is 66.7 Å². The molecular weight excluding hydrogens is 576 g/mol. The van der Waals surface area contributed by atoms with Crippen LogP contribution in [0.2, 0.25) is 0 Å². The monoisotopic (exact) mass is 612 g/mol. The van der Waals surface area contributed by atoms with Crippen LogP contribution in [0.1, 0.15) is 18.4 Å². The first-order valence-corrected chi connectivity index (χ1v) is 16.3. The third-order valence-corrected chi connectivity index (χ3v) is 10.6. The molecule has 0 aliphatic carbocycles. The van der Waals surface area contributed by atoms with Gasteiger partial charge in [-0.2, -0.15) is 4.31 Å². The summed E-state index contributed by atoms with van der Waals surface area (Å²) in [5, 5.41) is 4.78. The van der Waals surface area contributed by atoms with Crippen LogP contribution in [0.4, 0.5) is 5.69 Å². The van der Waals surface area contributed by atoms with Gasteiger partial charge in [-0.3, -0.25) is 9.59 Å². The van der Waals surface area contributed by atoms with Crippen molar-refractivity contribution in [3.05, 3.63) is 103 Å². The van der Waals surface area contributed by atoms with Crippen molar-refractivity contribution in [2.75, 3.05) is 44.9 Å². The first-order valence-electron chi connectivity index (χ1n) is 14.8. The minimum absolute atomic E-state index is 0.0745. The van der Waals surface area contributed by atoms with Crippen molar-refractivity contribution in [1.29, 1.82) is 0 Å². The van der Waals surface area contributed by atoms with Gasteiger partial charge in [-0.05, 0) is 65.9 Å². The number of fused-ring (bicyclic) bond motifs is 1. The summed E-state index contributed by atoms with van der Waals surface area (Å²) in [6.07, 6.45) is 1.24. The van der Waals surface area contributed by atoms with E-state index in [0.29, 0.717) is 25.8 Å². The van der Waals surface area contributed by atoms with Crippen LogP contribution in [0.15, 0.2) is 102 Å². The second-order valence-corrected chi connectivity index (χ2v) is 13.2. The summed E-state index contributed by atoms with van der Waals surface area (Å²) in [5.41, 5.74) is 0.923. The van der Waals surface area contributed by atoms with Gasteiger partial charge < -0.3 is 19.9 Å². The van der Waals surface area contributed by atoms with Crippen LogP contribution in [0.5, 0.6) is 5.75 Å². The average molecular weight is 613 g/mol. The summed E-state index contributed by atoms with van der Waals surface area (Å²) in [7, 11) is -2.13. The molecule has 0 radical (unpaired) electrons. The fourth-order valence-corrected chi connectivity index (χ4v) is 7.85. The maximum Gasteiger partial charge on any atom is 0.250 e. The van der Waals surface area contributed by atoms with Crippen LogP contribution < -0.4 is 15.0 Å². The molecule has 228 valence electrons. The minimum Gasteiger partial charge on any atom is -0.496 e. The number of hydrogen-bond acceptors (Lipinski definition) is 6. The lowest BCUT2D eigenvalue weighted by Crippen LogP contribution is -2.57. The number of anilines is 1. The highest BCUT2D eigenvalue weighted by atomic mass is 32.2.